The maximum Gasteiger partial charge on any atom is 0.416 e. The fraction of sp³-hybridized carbons (Fsp3) is 0.412. The highest BCUT2D eigenvalue weighted by atomic mass is 19.4. The highest BCUT2D eigenvalue weighted by Gasteiger charge is 2.30. The number of aromatic nitrogens is 1. The number of alkyl halides is 3. The number of halogens is 3. The van der Waals surface area contributed by atoms with Crippen LogP contribution in [0.25, 0.3) is 11.5 Å². The molecule has 2 aromatic rings. The fourth-order valence-corrected chi connectivity index (χ4v) is 2.32. The number of hydrogen-bond donors (Lipinski definition) is 2. The Labute approximate surface area is 143 Å². The summed E-state index contributed by atoms with van der Waals surface area (Å²) in [7, 11) is 1.57. The number of carbonyl (C=O) groups excluding carboxylic acids is 1. The van der Waals surface area contributed by atoms with Crippen LogP contribution in [0.5, 0.6) is 0 Å². The van der Waals surface area contributed by atoms with Crippen LogP contribution < -0.4 is 10.6 Å². The molecule has 0 spiro atoms. The maximum atomic E-state index is 12.6. The van der Waals surface area contributed by atoms with Crippen LogP contribution in [-0.2, 0) is 17.5 Å². The first kappa shape index (κ1) is 19.0. The first-order valence-corrected chi connectivity index (χ1v) is 7.79. The van der Waals surface area contributed by atoms with Crippen LogP contribution in [0.1, 0.15) is 25.1 Å². The molecule has 0 aliphatic rings. The highest BCUT2D eigenvalue weighted by molar-refractivity contribution is 5.81. The zero-order valence-corrected chi connectivity index (χ0v) is 14.1. The van der Waals surface area contributed by atoms with Crippen LogP contribution in [0.15, 0.2) is 34.9 Å². The normalized spacial score (nSPS) is 13.1. The number of oxazole rings is 1. The molecule has 0 saturated carbocycles. The molecule has 1 amide bonds. The van der Waals surface area contributed by atoms with Gasteiger partial charge in [-0.05, 0) is 30.2 Å². The second-order valence-corrected chi connectivity index (χ2v) is 5.94. The molecular weight excluding hydrogens is 335 g/mol. The Kier molecular flexibility index (Phi) is 5.84. The average molecular weight is 355 g/mol. The number of carbonyl (C=O) groups is 1. The molecule has 2 N–H and O–H groups in total. The number of hydrogen-bond acceptors (Lipinski definition) is 4. The second kappa shape index (κ2) is 7.69. The summed E-state index contributed by atoms with van der Waals surface area (Å²) in [6.45, 7) is 4.15. The van der Waals surface area contributed by atoms with E-state index in [9.17, 15) is 18.0 Å². The van der Waals surface area contributed by atoms with Crippen molar-refractivity contribution in [3.63, 3.8) is 0 Å². The molecule has 1 aromatic heterocycles. The fourth-order valence-electron chi connectivity index (χ4n) is 2.32. The number of nitrogens with zero attached hydrogens (tertiary/aromatic N) is 1. The lowest BCUT2D eigenvalue weighted by atomic mass is 10.0. The zero-order chi connectivity index (χ0) is 18.6. The molecule has 0 fully saturated rings. The minimum atomic E-state index is -4.38. The van der Waals surface area contributed by atoms with E-state index in [0.29, 0.717) is 17.8 Å². The second-order valence-electron chi connectivity index (χ2n) is 5.94. The van der Waals surface area contributed by atoms with Crippen molar-refractivity contribution >= 4 is 5.91 Å². The van der Waals surface area contributed by atoms with E-state index in [2.05, 4.69) is 15.6 Å². The largest absolute Gasteiger partial charge is 0.444 e. The van der Waals surface area contributed by atoms with Crippen LogP contribution in [0.4, 0.5) is 13.2 Å². The van der Waals surface area contributed by atoms with Crippen molar-refractivity contribution in [2.75, 3.05) is 7.05 Å². The van der Waals surface area contributed by atoms with Gasteiger partial charge in [0.1, 0.15) is 6.26 Å². The minimum absolute atomic E-state index is 0.0845. The monoisotopic (exact) mass is 355 g/mol. The average Bonchev–Trinajstić information content (AvgIpc) is 3.02. The summed E-state index contributed by atoms with van der Waals surface area (Å²) >= 11 is 0. The van der Waals surface area contributed by atoms with Crippen LogP contribution in [0, 0.1) is 5.92 Å². The first-order valence-electron chi connectivity index (χ1n) is 7.79. The molecule has 0 unspecified atom stereocenters. The lowest BCUT2D eigenvalue weighted by Crippen LogP contribution is -2.46. The van der Waals surface area contributed by atoms with Gasteiger partial charge in [-0.3, -0.25) is 10.1 Å². The molecule has 5 nitrogen and oxygen atoms in total. The van der Waals surface area contributed by atoms with Crippen molar-refractivity contribution in [1.29, 1.82) is 0 Å². The van der Waals surface area contributed by atoms with Gasteiger partial charge in [-0.25, -0.2) is 4.98 Å². The predicted octanol–water partition coefficient (Wildman–Crippen LogP) is 3.22. The van der Waals surface area contributed by atoms with E-state index in [1.54, 1.807) is 7.05 Å². The van der Waals surface area contributed by atoms with E-state index in [1.165, 1.54) is 18.4 Å². The van der Waals surface area contributed by atoms with Gasteiger partial charge in [0.05, 0.1) is 17.3 Å². The maximum absolute atomic E-state index is 12.6. The quantitative estimate of drug-likeness (QED) is 0.835. The SMILES string of the molecule is CNC(=O)[C@@H](NCc1coc(-c2ccc(C(F)(F)F)cc2)n1)C(C)C. The first-order chi connectivity index (χ1) is 11.7. The van der Waals surface area contributed by atoms with E-state index < -0.39 is 11.7 Å². The molecule has 0 aliphatic carbocycles. The topological polar surface area (TPSA) is 67.2 Å². The van der Waals surface area contributed by atoms with Gasteiger partial charge >= 0.3 is 6.18 Å². The Morgan fingerprint density at radius 2 is 1.88 bits per heavy atom. The van der Waals surface area contributed by atoms with Gasteiger partial charge in [0, 0.05) is 19.2 Å². The smallest absolute Gasteiger partial charge is 0.416 e. The number of benzene rings is 1. The van der Waals surface area contributed by atoms with Crippen molar-refractivity contribution < 1.29 is 22.4 Å². The van der Waals surface area contributed by atoms with Gasteiger partial charge in [-0.1, -0.05) is 13.8 Å². The Balaban J connectivity index is 2.06. The van der Waals surface area contributed by atoms with Crippen LogP contribution in [0.3, 0.4) is 0 Å². The molecule has 1 heterocycles. The van der Waals surface area contributed by atoms with Crippen molar-refractivity contribution in [3.05, 3.63) is 41.8 Å². The highest BCUT2D eigenvalue weighted by Crippen LogP contribution is 2.30. The predicted molar refractivity (Wildman–Crippen MR) is 86.5 cm³/mol. The van der Waals surface area contributed by atoms with Gasteiger partial charge in [0.15, 0.2) is 0 Å². The summed E-state index contributed by atoms with van der Waals surface area (Å²) in [6.07, 6.45) is -2.96. The molecule has 25 heavy (non-hydrogen) atoms. The molecule has 1 atom stereocenters. The lowest BCUT2D eigenvalue weighted by molar-refractivity contribution is -0.137. The molecule has 0 aliphatic heterocycles. The van der Waals surface area contributed by atoms with E-state index in [1.807, 2.05) is 13.8 Å². The van der Waals surface area contributed by atoms with E-state index in [-0.39, 0.29) is 23.8 Å². The summed E-state index contributed by atoms with van der Waals surface area (Å²) in [5.41, 5.74) is 0.283. The Morgan fingerprint density at radius 3 is 2.40 bits per heavy atom. The third kappa shape index (κ3) is 4.82. The molecule has 136 valence electrons. The van der Waals surface area contributed by atoms with Crippen LogP contribution in [-0.4, -0.2) is 24.0 Å². The van der Waals surface area contributed by atoms with Gasteiger partial charge < -0.3 is 9.73 Å². The van der Waals surface area contributed by atoms with E-state index in [0.717, 1.165) is 12.1 Å². The molecular formula is C17H20F3N3O2. The van der Waals surface area contributed by atoms with Crippen LogP contribution >= 0.6 is 0 Å². The molecule has 0 radical (unpaired) electrons. The Morgan fingerprint density at radius 1 is 1.24 bits per heavy atom. The van der Waals surface area contributed by atoms with Crippen molar-refractivity contribution in [3.8, 4) is 11.5 Å². The number of rotatable bonds is 6. The van der Waals surface area contributed by atoms with Crippen molar-refractivity contribution in [1.82, 2.24) is 15.6 Å². The van der Waals surface area contributed by atoms with E-state index >= 15 is 0 Å². The van der Waals surface area contributed by atoms with Gasteiger partial charge in [0.25, 0.3) is 0 Å². The summed E-state index contributed by atoms with van der Waals surface area (Å²) < 4.78 is 43.1. The Hall–Kier alpha value is -2.35. The molecule has 8 heteroatoms. The minimum Gasteiger partial charge on any atom is -0.444 e. The van der Waals surface area contributed by atoms with Crippen molar-refractivity contribution in [2.45, 2.75) is 32.6 Å². The van der Waals surface area contributed by atoms with Gasteiger partial charge in [-0.15, -0.1) is 0 Å². The standard InChI is InChI=1S/C17H20F3N3O2/c1-10(2)14(15(24)21-3)22-8-13-9-25-16(23-13)11-4-6-12(7-5-11)17(18,19)20/h4-7,9-10,14,22H,8H2,1-3H3,(H,21,24)/t14-/m0/s1. The van der Waals surface area contributed by atoms with Gasteiger partial charge in [-0.2, -0.15) is 13.2 Å². The number of nitrogens with one attached hydrogen (secondary N) is 2. The lowest BCUT2D eigenvalue weighted by Gasteiger charge is -2.19. The zero-order valence-electron chi connectivity index (χ0n) is 14.1. The van der Waals surface area contributed by atoms with E-state index in [4.69, 9.17) is 4.42 Å². The molecule has 0 saturated heterocycles. The van der Waals surface area contributed by atoms with Crippen LogP contribution in [0.2, 0.25) is 0 Å². The molecule has 0 bridgehead atoms. The summed E-state index contributed by atoms with van der Waals surface area (Å²) in [4.78, 5) is 16.1. The summed E-state index contributed by atoms with van der Waals surface area (Å²) in [6, 6.07) is 4.22. The van der Waals surface area contributed by atoms with Gasteiger partial charge in [0.2, 0.25) is 11.8 Å². The third-order valence-electron chi connectivity index (χ3n) is 3.71. The number of likely N-dealkylation sites (N-methyl/N-ethyl adjacent to an activating group) is 1. The third-order valence-corrected chi connectivity index (χ3v) is 3.71. The summed E-state index contributed by atoms with van der Waals surface area (Å²) in [5, 5.41) is 5.69. The Bertz CT molecular complexity index is 709. The molecule has 1 aromatic carbocycles. The molecule has 2 rings (SSSR count). The van der Waals surface area contributed by atoms with Crippen molar-refractivity contribution in [2.24, 2.45) is 5.92 Å². The number of amides is 1. The summed E-state index contributed by atoms with van der Waals surface area (Å²) in [5.74, 6) is 0.189.